The molecule has 0 spiro atoms. The second-order valence-electron chi connectivity index (χ2n) is 5.77. The topological polar surface area (TPSA) is 12.0 Å². The first kappa shape index (κ1) is 14.9. The van der Waals surface area contributed by atoms with Crippen molar-refractivity contribution in [2.75, 3.05) is 6.54 Å². The Bertz CT molecular complexity index is 590. The summed E-state index contributed by atoms with van der Waals surface area (Å²) in [5.74, 6) is 0.446. The van der Waals surface area contributed by atoms with Crippen molar-refractivity contribution in [1.29, 1.82) is 0 Å². The van der Waals surface area contributed by atoms with Gasteiger partial charge in [0.05, 0.1) is 0 Å². The average Bonchev–Trinajstić information content (AvgIpc) is 3.29. The molecule has 0 radical (unpaired) electrons. The van der Waals surface area contributed by atoms with Crippen LogP contribution in [-0.2, 0) is 6.42 Å². The van der Waals surface area contributed by atoms with Crippen LogP contribution in [0.5, 0.6) is 0 Å². The minimum Gasteiger partial charge on any atom is -0.313 e. The summed E-state index contributed by atoms with van der Waals surface area (Å²) in [5.41, 5.74) is 2.60. The van der Waals surface area contributed by atoms with E-state index < -0.39 is 0 Å². The molecule has 1 aliphatic rings. The lowest BCUT2D eigenvalue weighted by molar-refractivity contribution is 0.577. The first-order valence-corrected chi connectivity index (χ1v) is 8.19. The van der Waals surface area contributed by atoms with Gasteiger partial charge < -0.3 is 5.32 Å². The third-order valence-corrected chi connectivity index (χ3v) is 4.43. The van der Waals surface area contributed by atoms with Crippen molar-refractivity contribution in [2.24, 2.45) is 0 Å². The van der Waals surface area contributed by atoms with Crippen molar-refractivity contribution < 1.29 is 0 Å². The van der Waals surface area contributed by atoms with Crippen LogP contribution in [-0.4, -0.2) is 12.6 Å². The Morgan fingerprint density at radius 1 is 1.00 bits per heavy atom. The van der Waals surface area contributed by atoms with Gasteiger partial charge in [-0.05, 0) is 54.7 Å². The van der Waals surface area contributed by atoms with Crippen LogP contribution in [0.4, 0.5) is 0 Å². The zero-order valence-corrected chi connectivity index (χ0v) is 13.4. The maximum absolute atomic E-state index is 6.10. The maximum Gasteiger partial charge on any atom is 0.0408 e. The van der Waals surface area contributed by atoms with Gasteiger partial charge in [0.25, 0.3) is 0 Å². The fourth-order valence-corrected chi connectivity index (χ4v) is 2.93. The molecule has 3 rings (SSSR count). The molecule has 2 aromatic carbocycles. The van der Waals surface area contributed by atoms with Gasteiger partial charge in [-0.1, -0.05) is 47.5 Å². The molecule has 110 valence electrons. The standard InChI is InChI=1S/C18H19Cl2N/c19-16-6-4-14(5-7-16)15(12-21-18-8-9-18)10-13-2-1-3-17(20)11-13/h1-7,11,15,18,21H,8-10,12H2. The number of hydrogen-bond donors (Lipinski definition) is 1. The molecular formula is C18H19Cl2N. The van der Waals surface area contributed by atoms with Gasteiger partial charge in [0.2, 0.25) is 0 Å². The Morgan fingerprint density at radius 3 is 2.43 bits per heavy atom. The highest BCUT2D eigenvalue weighted by Crippen LogP contribution is 2.26. The Balaban J connectivity index is 1.75. The minimum absolute atomic E-state index is 0.446. The molecule has 2 aromatic rings. The molecule has 0 amide bonds. The van der Waals surface area contributed by atoms with Crippen molar-refractivity contribution in [3.05, 3.63) is 69.7 Å². The highest BCUT2D eigenvalue weighted by Gasteiger charge is 2.22. The predicted octanol–water partition coefficient (Wildman–Crippen LogP) is 5.07. The van der Waals surface area contributed by atoms with Crippen molar-refractivity contribution >= 4 is 23.2 Å². The van der Waals surface area contributed by atoms with E-state index in [9.17, 15) is 0 Å². The van der Waals surface area contributed by atoms with E-state index >= 15 is 0 Å². The van der Waals surface area contributed by atoms with Crippen molar-refractivity contribution in [3.8, 4) is 0 Å². The molecule has 0 aromatic heterocycles. The molecule has 1 N–H and O–H groups in total. The van der Waals surface area contributed by atoms with E-state index in [-0.39, 0.29) is 0 Å². The normalized spacial score (nSPS) is 15.9. The summed E-state index contributed by atoms with van der Waals surface area (Å²) in [5, 5.41) is 5.23. The Kier molecular flexibility index (Phi) is 4.84. The number of hydrogen-bond acceptors (Lipinski definition) is 1. The van der Waals surface area contributed by atoms with Crippen LogP contribution in [0.1, 0.15) is 29.9 Å². The number of halogens is 2. The van der Waals surface area contributed by atoms with Crippen LogP contribution < -0.4 is 5.32 Å². The van der Waals surface area contributed by atoms with Crippen LogP contribution in [0.25, 0.3) is 0 Å². The molecule has 1 atom stereocenters. The first-order chi connectivity index (χ1) is 10.2. The van der Waals surface area contributed by atoms with E-state index in [0.717, 1.165) is 29.1 Å². The lowest BCUT2D eigenvalue weighted by Crippen LogP contribution is -2.24. The van der Waals surface area contributed by atoms with Gasteiger partial charge >= 0.3 is 0 Å². The number of nitrogens with one attached hydrogen (secondary N) is 1. The van der Waals surface area contributed by atoms with Gasteiger partial charge in [-0.2, -0.15) is 0 Å². The average molecular weight is 320 g/mol. The van der Waals surface area contributed by atoms with Crippen LogP contribution in [0.2, 0.25) is 10.0 Å². The predicted molar refractivity (Wildman–Crippen MR) is 90.4 cm³/mol. The maximum atomic E-state index is 6.10. The lowest BCUT2D eigenvalue weighted by Gasteiger charge is -2.18. The zero-order valence-electron chi connectivity index (χ0n) is 11.9. The van der Waals surface area contributed by atoms with Crippen molar-refractivity contribution in [1.82, 2.24) is 5.32 Å². The van der Waals surface area contributed by atoms with E-state index in [1.165, 1.54) is 24.0 Å². The molecule has 1 unspecified atom stereocenters. The summed E-state index contributed by atoms with van der Waals surface area (Å²) >= 11 is 12.1. The smallest absolute Gasteiger partial charge is 0.0408 e. The highest BCUT2D eigenvalue weighted by molar-refractivity contribution is 6.30. The number of rotatable bonds is 6. The van der Waals surface area contributed by atoms with Crippen LogP contribution in [0.15, 0.2) is 48.5 Å². The van der Waals surface area contributed by atoms with Gasteiger partial charge in [0.1, 0.15) is 0 Å². The Labute approximate surface area is 136 Å². The molecule has 21 heavy (non-hydrogen) atoms. The van der Waals surface area contributed by atoms with E-state index in [4.69, 9.17) is 23.2 Å². The van der Waals surface area contributed by atoms with Crippen molar-refractivity contribution in [2.45, 2.75) is 31.2 Å². The third kappa shape index (κ3) is 4.47. The Morgan fingerprint density at radius 2 is 1.76 bits per heavy atom. The molecule has 3 heteroatoms. The summed E-state index contributed by atoms with van der Waals surface area (Å²) < 4.78 is 0. The minimum atomic E-state index is 0.446. The monoisotopic (exact) mass is 319 g/mol. The molecular weight excluding hydrogens is 301 g/mol. The van der Waals surface area contributed by atoms with Gasteiger partial charge in [-0.25, -0.2) is 0 Å². The molecule has 0 aliphatic heterocycles. The molecule has 0 saturated heterocycles. The summed E-state index contributed by atoms with van der Waals surface area (Å²) in [7, 11) is 0. The SMILES string of the molecule is Clc1ccc(C(CNC2CC2)Cc2cccc(Cl)c2)cc1. The van der Waals surface area contributed by atoms with Gasteiger partial charge in [-0.3, -0.25) is 0 Å². The second kappa shape index (κ2) is 6.83. The fraction of sp³-hybridized carbons (Fsp3) is 0.333. The van der Waals surface area contributed by atoms with Crippen LogP contribution in [0.3, 0.4) is 0 Å². The molecule has 1 aliphatic carbocycles. The van der Waals surface area contributed by atoms with Crippen LogP contribution >= 0.6 is 23.2 Å². The fourth-order valence-electron chi connectivity index (χ4n) is 2.59. The van der Waals surface area contributed by atoms with E-state index in [1.54, 1.807) is 0 Å². The molecule has 1 saturated carbocycles. The van der Waals surface area contributed by atoms with E-state index in [1.807, 2.05) is 24.3 Å². The highest BCUT2D eigenvalue weighted by atomic mass is 35.5. The van der Waals surface area contributed by atoms with Gasteiger partial charge in [-0.15, -0.1) is 0 Å². The van der Waals surface area contributed by atoms with Crippen molar-refractivity contribution in [3.63, 3.8) is 0 Å². The Hall–Kier alpha value is -1.02. The van der Waals surface area contributed by atoms with E-state index in [0.29, 0.717) is 5.92 Å². The first-order valence-electron chi connectivity index (χ1n) is 7.44. The van der Waals surface area contributed by atoms with Crippen LogP contribution in [0, 0.1) is 0 Å². The van der Waals surface area contributed by atoms with Gasteiger partial charge in [0, 0.05) is 28.5 Å². The molecule has 0 bridgehead atoms. The molecule has 1 nitrogen and oxygen atoms in total. The summed E-state index contributed by atoms with van der Waals surface area (Å²) in [6.45, 7) is 0.999. The quantitative estimate of drug-likeness (QED) is 0.783. The molecule has 0 heterocycles. The largest absolute Gasteiger partial charge is 0.313 e. The summed E-state index contributed by atoms with van der Waals surface area (Å²) in [6.07, 6.45) is 3.61. The third-order valence-electron chi connectivity index (χ3n) is 3.94. The second-order valence-corrected chi connectivity index (χ2v) is 6.64. The molecule has 1 fully saturated rings. The number of benzene rings is 2. The lowest BCUT2D eigenvalue weighted by atomic mass is 9.92. The zero-order chi connectivity index (χ0) is 14.7. The van der Waals surface area contributed by atoms with Gasteiger partial charge in [0.15, 0.2) is 0 Å². The summed E-state index contributed by atoms with van der Waals surface area (Å²) in [6, 6.07) is 17.1. The summed E-state index contributed by atoms with van der Waals surface area (Å²) in [4.78, 5) is 0. The van der Waals surface area contributed by atoms with E-state index in [2.05, 4.69) is 29.6 Å².